The minimum Gasteiger partial charge on any atom is -0.748 e. The standard InChI is InChI=1S/C11H24O4S.Na/c1-3-5-6-7-11(16(13,14)15)9-8-10(12)4-2;/h10-12H,3-9H2,1-2H3,(H,13,14,15);/q;+1/p-1. The molecule has 0 bridgehead atoms. The first kappa shape index (κ1) is 20.2. The molecule has 0 aromatic heterocycles. The Morgan fingerprint density at radius 3 is 2.12 bits per heavy atom. The normalized spacial score (nSPS) is 15.1. The van der Waals surface area contributed by atoms with Gasteiger partial charge in [-0.15, -0.1) is 0 Å². The van der Waals surface area contributed by atoms with Crippen LogP contribution in [0.3, 0.4) is 0 Å². The van der Waals surface area contributed by atoms with Gasteiger partial charge in [-0.3, -0.25) is 0 Å². The van der Waals surface area contributed by atoms with Gasteiger partial charge in [-0.05, 0) is 25.7 Å². The summed E-state index contributed by atoms with van der Waals surface area (Å²) in [6, 6.07) is 0. The zero-order chi connectivity index (χ0) is 12.6. The number of hydrogen-bond donors (Lipinski definition) is 1. The molecule has 98 valence electrons. The summed E-state index contributed by atoms with van der Waals surface area (Å²) in [6.45, 7) is 3.87. The van der Waals surface area contributed by atoms with E-state index in [1.54, 1.807) is 0 Å². The third-order valence-corrected chi connectivity index (χ3v) is 4.12. The van der Waals surface area contributed by atoms with E-state index in [-0.39, 0.29) is 36.0 Å². The van der Waals surface area contributed by atoms with Crippen LogP contribution in [0.25, 0.3) is 0 Å². The molecule has 1 N–H and O–H groups in total. The van der Waals surface area contributed by atoms with Crippen LogP contribution in [-0.4, -0.2) is 29.4 Å². The molecule has 0 amide bonds. The van der Waals surface area contributed by atoms with Crippen molar-refractivity contribution in [3.8, 4) is 0 Å². The molecule has 0 fully saturated rings. The topological polar surface area (TPSA) is 77.4 Å². The molecule has 0 saturated carbocycles. The smallest absolute Gasteiger partial charge is 0.748 e. The second kappa shape index (κ2) is 10.8. The van der Waals surface area contributed by atoms with Gasteiger partial charge in [-0.2, -0.15) is 0 Å². The average Bonchev–Trinajstić information content (AvgIpc) is 2.20. The summed E-state index contributed by atoms with van der Waals surface area (Å²) in [5.74, 6) is 0. The van der Waals surface area contributed by atoms with Crippen molar-refractivity contribution in [1.82, 2.24) is 0 Å². The summed E-state index contributed by atoms with van der Waals surface area (Å²) in [6.07, 6.45) is 3.93. The second-order valence-corrected chi connectivity index (χ2v) is 5.90. The molecule has 4 nitrogen and oxygen atoms in total. The molecule has 0 rings (SSSR count). The molecular formula is C11H23NaO4S. The summed E-state index contributed by atoms with van der Waals surface area (Å²) in [5, 5.41) is 8.53. The van der Waals surface area contributed by atoms with Gasteiger partial charge in [0.25, 0.3) is 0 Å². The molecule has 2 atom stereocenters. The number of hydrogen-bond acceptors (Lipinski definition) is 4. The van der Waals surface area contributed by atoms with Crippen molar-refractivity contribution < 1.29 is 47.6 Å². The van der Waals surface area contributed by atoms with Crippen LogP contribution in [0.2, 0.25) is 0 Å². The van der Waals surface area contributed by atoms with Gasteiger partial charge in [0.05, 0.1) is 16.2 Å². The SMILES string of the molecule is CCCCCC(CCC(O)CC)S(=O)(=O)[O-].[Na+]. The van der Waals surface area contributed by atoms with Crippen molar-refractivity contribution in [1.29, 1.82) is 0 Å². The van der Waals surface area contributed by atoms with Crippen LogP contribution < -0.4 is 29.6 Å². The maximum absolute atomic E-state index is 11.0. The molecule has 2 unspecified atom stereocenters. The van der Waals surface area contributed by atoms with E-state index in [0.29, 0.717) is 19.3 Å². The third-order valence-electron chi connectivity index (χ3n) is 2.83. The van der Waals surface area contributed by atoms with E-state index < -0.39 is 21.5 Å². The fraction of sp³-hybridized carbons (Fsp3) is 1.00. The first-order valence-electron chi connectivity index (χ1n) is 6.04. The van der Waals surface area contributed by atoms with Gasteiger partial charge < -0.3 is 9.66 Å². The Kier molecular flexibility index (Phi) is 12.8. The Bertz CT molecular complexity index is 267. The number of aliphatic hydroxyl groups is 1. The van der Waals surface area contributed by atoms with Crippen LogP contribution in [-0.2, 0) is 10.1 Å². The first-order chi connectivity index (χ1) is 7.41. The summed E-state index contributed by atoms with van der Waals surface area (Å²) in [5.41, 5.74) is 0. The Hall–Kier alpha value is 0.870. The van der Waals surface area contributed by atoms with E-state index in [9.17, 15) is 18.1 Å². The molecule has 0 aliphatic heterocycles. The number of aliphatic hydroxyl groups excluding tert-OH is 1. The molecule has 0 saturated heterocycles. The summed E-state index contributed by atoms with van der Waals surface area (Å²) in [7, 11) is -4.21. The molecule has 6 heteroatoms. The van der Waals surface area contributed by atoms with Gasteiger partial charge in [-0.25, -0.2) is 8.42 Å². The Morgan fingerprint density at radius 2 is 1.71 bits per heavy atom. The van der Waals surface area contributed by atoms with E-state index in [2.05, 4.69) is 0 Å². The fourth-order valence-corrected chi connectivity index (χ4v) is 2.52. The van der Waals surface area contributed by atoms with Gasteiger partial charge in [0.2, 0.25) is 0 Å². The molecule has 0 radical (unpaired) electrons. The molecule has 0 aromatic carbocycles. The zero-order valence-electron chi connectivity index (χ0n) is 11.2. The monoisotopic (exact) mass is 274 g/mol. The van der Waals surface area contributed by atoms with Crippen LogP contribution in [0.4, 0.5) is 0 Å². The van der Waals surface area contributed by atoms with Crippen LogP contribution in [0.1, 0.15) is 58.8 Å². The van der Waals surface area contributed by atoms with E-state index in [4.69, 9.17) is 0 Å². The molecule has 0 aliphatic carbocycles. The minimum absolute atomic E-state index is 0. The summed E-state index contributed by atoms with van der Waals surface area (Å²) >= 11 is 0. The second-order valence-electron chi connectivity index (χ2n) is 4.25. The zero-order valence-corrected chi connectivity index (χ0v) is 14.0. The van der Waals surface area contributed by atoms with Gasteiger partial charge in [0.1, 0.15) is 0 Å². The maximum atomic E-state index is 11.0. The van der Waals surface area contributed by atoms with Gasteiger partial charge in [-0.1, -0.05) is 33.1 Å². The molecule has 0 aromatic rings. The number of rotatable bonds is 9. The Morgan fingerprint density at radius 1 is 1.12 bits per heavy atom. The molecule has 0 heterocycles. The molecule has 17 heavy (non-hydrogen) atoms. The minimum atomic E-state index is -4.21. The van der Waals surface area contributed by atoms with Gasteiger partial charge in [0.15, 0.2) is 0 Å². The van der Waals surface area contributed by atoms with Gasteiger partial charge in [0, 0.05) is 5.25 Å². The van der Waals surface area contributed by atoms with E-state index in [1.165, 1.54) is 0 Å². The van der Waals surface area contributed by atoms with Crippen LogP contribution >= 0.6 is 0 Å². The molecular weight excluding hydrogens is 251 g/mol. The van der Waals surface area contributed by atoms with Gasteiger partial charge >= 0.3 is 29.6 Å². The quantitative estimate of drug-likeness (QED) is 0.333. The van der Waals surface area contributed by atoms with E-state index in [1.807, 2.05) is 13.8 Å². The predicted octanol–water partition coefficient (Wildman–Crippen LogP) is -0.964. The third kappa shape index (κ3) is 10.5. The number of unbranched alkanes of at least 4 members (excludes halogenated alkanes) is 2. The van der Waals surface area contributed by atoms with Crippen molar-refractivity contribution in [2.24, 2.45) is 0 Å². The molecule has 0 spiro atoms. The van der Waals surface area contributed by atoms with Crippen LogP contribution in [0.5, 0.6) is 0 Å². The van der Waals surface area contributed by atoms with Crippen molar-refractivity contribution in [2.75, 3.05) is 0 Å². The van der Waals surface area contributed by atoms with Crippen molar-refractivity contribution in [3.63, 3.8) is 0 Å². The largest absolute Gasteiger partial charge is 1.00 e. The van der Waals surface area contributed by atoms with E-state index >= 15 is 0 Å². The van der Waals surface area contributed by atoms with Crippen molar-refractivity contribution in [2.45, 2.75) is 70.1 Å². The van der Waals surface area contributed by atoms with Crippen LogP contribution in [0.15, 0.2) is 0 Å². The summed E-state index contributed by atoms with van der Waals surface area (Å²) in [4.78, 5) is 0. The average molecular weight is 274 g/mol. The van der Waals surface area contributed by atoms with Crippen molar-refractivity contribution >= 4 is 10.1 Å². The van der Waals surface area contributed by atoms with E-state index in [0.717, 1.165) is 19.3 Å². The fourth-order valence-electron chi connectivity index (χ4n) is 1.64. The Balaban J connectivity index is 0. The summed E-state index contributed by atoms with van der Waals surface area (Å²) < 4.78 is 33.0. The first-order valence-corrected chi connectivity index (χ1v) is 7.51. The molecule has 0 aliphatic rings. The van der Waals surface area contributed by atoms with Crippen LogP contribution in [0, 0.1) is 0 Å². The predicted molar refractivity (Wildman–Crippen MR) is 63.2 cm³/mol. The Labute approximate surface area is 127 Å². The maximum Gasteiger partial charge on any atom is 1.00 e. The van der Waals surface area contributed by atoms with Crippen molar-refractivity contribution in [3.05, 3.63) is 0 Å².